The molecule has 0 bridgehead atoms. The summed E-state index contributed by atoms with van der Waals surface area (Å²) in [5, 5.41) is 13.1. The van der Waals surface area contributed by atoms with Gasteiger partial charge in [0.25, 0.3) is 0 Å². The summed E-state index contributed by atoms with van der Waals surface area (Å²) >= 11 is 0. The quantitative estimate of drug-likeness (QED) is 0.632. The number of unbranched alkanes of at least 4 members (excludes halogenated alkanes) is 1. The van der Waals surface area contributed by atoms with Gasteiger partial charge in [-0.25, -0.2) is 0 Å². The summed E-state index contributed by atoms with van der Waals surface area (Å²) in [6.07, 6.45) is 8.19. The second-order valence-corrected chi connectivity index (χ2v) is 6.04. The number of hydrogen-bond acceptors (Lipinski definition) is 3. The predicted octanol–water partition coefficient (Wildman–Crippen LogP) is 2.57. The topological polar surface area (TPSA) is 58.6 Å². The fourth-order valence-corrected chi connectivity index (χ4v) is 3.17. The second-order valence-electron chi connectivity index (χ2n) is 6.04. The third kappa shape index (κ3) is 3.69. The molecule has 2 unspecified atom stereocenters. The molecule has 0 amide bonds. The Kier molecular flexibility index (Phi) is 5.22. The minimum absolute atomic E-state index is 0.229. The third-order valence-corrected chi connectivity index (χ3v) is 4.49. The van der Waals surface area contributed by atoms with Crippen LogP contribution in [0.4, 0.5) is 0 Å². The van der Waals surface area contributed by atoms with Crippen LogP contribution in [0.2, 0.25) is 0 Å². The molecule has 2 N–H and O–H groups in total. The van der Waals surface area contributed by atoms with E-state index in [9.17, 15) is 9.90 Å². The van der Waals surface area contributed by atoms with Gasteiger partial charge in [0.2, 0.25) is 0 Å². The highest BCUT2D eigenvalue weighted by Crippen LogP contribution is 2.40. The molecule has 2 rings (SSSR count). The Bertz CT molecular complexity index is 304. The SMILES string of the molecule is CCCCOCCC1CCCC1(NC1CC1)C(=O)O. The van der Waals surface area contributed by atoms with Crippen LogP contribution in [-0.4, -0.2) is 35.9 Å². The summed E-state index contributed by atoms with van der Waals surface area (Å²) in [6.45, 7) is 3.65. The Hall–Kier alpha value is -0.610. The van der Waals surface area contributed by atoms with Crippen molar-refractivity contribution in [3.05, 3.63) is 0 Å². The van der Waals surface area contributed by atoms with Gasteiger partial charge in [-0.05, 0) is 44.4 Å². The molecule has 110 valence electrons. The Labute approximate surface area is 115 Å². The van der Waals surface area contributed by atoms with Crippen molar-refractivity contribution in [1.82, 2.24) is 5.32 Å². The molecule has 2 saturated carbocycles. The summed E-state index contributed by atoms with van der Waals surface area (Å²) in [5.41, 5.74) is -0.671. The lowest BCUT2D eigenvalue weighted by Gasteiger charge is -2.32. The number of carboxylic acids is 1. The van der Waals surface area contributed by atoms with Crippen molar-refractivity contribution in [2.24, 2.45) is 5.92 Å². The zero-order chi connectivity index (χ0) is 13.7. The molecule has 0 radical (unpaired) electrons. The van der Waals surface area contributed by atoms with Gasteiger partial charge < -0.3 is 9.84 Å². The first-order chi connectivity index (χ1) is 9.19. The number of aliphatic carboxylic acids is 1. The van der Waals surface area contributed by atoms with Gasteiger partial charge in [0.05, 0.1) is 0 Å². The van der Waals surface area contributed by atoms with Gasteiger partial charge in [-0.1, -0.05) is 19.8 Å². The normalized spacial score (nSPS) is 30.7. The van der Waals surface area contributed by atoms with Crippen molar-refractivity contribution >= 4 is 5.97 Å². The minimum atomic E-state index is -0.671. The molecular formula is C15H27NO3. The molecule has 0 aromatic rings. The molecule has 0 aromatic carbocycles. The molecule has 19 heavy (non-hydrogen) atoms. The van der Waals surface area contributed by atoms with Gasteiger partial charge >= 0.3 is 5.97 Å². The van der Waals surface area contributed by atoms with Crippen LogP contribution in [-0.2, 0) is 9.53 Å². The molecule has 2 aliphatic rings. The maximum absolute atomic E-state index is 11.7. The molecule has 0 spiro atoms. The van der Waals surface area contributed by atoms with Gasteiger partial charge in [0.1, 0.15) is 5.54 Å². The van der Waals surface area contributed by atoms with Gasteiger partial charge in [-0.2, -0.15) is 0 Å². The van der Waals surface area contributed by atoms with Crippen LogP contribution in [0.25, 0.3) is 0 Å². The number of carboxylic acid groups (broad SMARTS) is 1. The molecule has 2 atom stereocenters. The molecule has 0 saturated heterocycles. The van der Waals surface area contributed by atoms with E-state index in [1.54, 1.807) is 0 Å². The highest BCUT2D eigenvalue weighted by molar-refractivity contribution is 5.80. The van der Waals surface area contributed by atoms with E-state index in [1.165, 1.54) is 0 Å². The average Bonchev–Trinajstić information content (AvgIpc) is 3.09. The number of ether oxygens (including phenoxy) is 1. The lowest BCUT2D eigenvalue weighted by molar-refractivity contribution is -0.147. The highest BCUT2D eigenvalue weighted by Gasteiger charge is 2.50. The lowest BCUT2D eigenvalue weighted by Crippen LogP contribution is -2.55. The number of nitrogens with one attached hydrogen (secondary N) is 1. The summed E-state index contributed by atoms with van der Waals surface area (Å²) in [6, 6.07) is 0.442. The minimum Gasteiger partial charge on any atom is -0.480 e. The molecule has 0 heterocycles. The van der Waals surface area contributed by atoms with Gasteiger partial charge in [-0.3, -0.25) is 10.1 Å². The van der Waals surface area contributed by atoms with Crippen molar-refractivity contribution in [1.29, 1.82) is 0 Å². The summed E-state index contributed by atoms with van der Waals surface area (Å²) in [4.78, 5) is 11.7. The number of carbonyl (C=O) groups is 1. The Morgan fingerprint density at radius 3 is 2.79 bits per heavy atom. The molecule has 2 aliphatic carbocycles. The first-order valence-electron chi connectivity index (χ1n) is 7.78. The first-order valence-corrected chi connectivity index (χ1v) is 7.78. The first kappa shape index (κ1) is 14.8. The van der Waals surface area contributed by atoms with E-state index in [0.29, 0.717) is 12.6 Å². The highest BCUT2D eigenvalue weighted by atomic mass is 16.5. The van der Waals surface area contributed by atoms with E-state index in [0.717, 1.165) is 58.0 Å². The third-order valence-electron chi connectivity index (χ3n) is 4.49. The standard InChI is InChI=1S/C15H27NO3/c1-2-3-10-19-11-8-12-5-4-9-15(12,14(17)18)16-13-6-7-13/h12-13,16H,2-11H2,1H3,(H,17,18). The zero-order valence-corrected chi connectivity index (χ0v) is 12.0. The van der Waals surface area contributed by atoms with E-state index in [-0.39, 0.29) is 5.92 Å². The van der Waals surface area contributed by atoms with Crippen molar-refractivity contribution in [3.8, 4) is 0 Å². The Morgan fingerprint density at radius 2 is 2.16 bits per heavy atom. The zero-order valence-electron chi connectivity index (χ0n) is 12.0. The molecule has 2 fully saturated rings. The summed E-state index contributed by atoms with van der Waals surface area (Å²) < 4.78 is 5.61. The van der Waals surface area contributed by atoms with Crippen molar-refractivity contribution in [2.75, 3.05) is 13.2 Å². The van der Waals surface area contributed by atoms with Gasteiger partial charge in [0.15, 0.2) is 0 Å². The lowest BCUT2D eigenvalue weighted by atomic mass is 9.84. The van der Waals surface area contributed by atoms with Crippen LogP contribution in [0.15, 0.2) is 0 Å². The predicted molar refractivity (Wildman–Crippen MR) is 74.2 cm³/mol. The number of hydrogen-bond donors (Lipinski definition) is 2. The molecule has 0 aromatic heterocycles. The maximum Gasteiger partial charge on any atom is 0.324 e. The monoisotopic (exact) mass is 269 g/mol. The van der Waals surface area contributed by atoms with Crippen LogP contribution in [0, 0.1) is 5.92 Å². The maximum atomic E-state index is 11.7. The van der Waals surface area contributed by atoms with E-state index in [1.807, 2.05) is 0 Å². The smallest absolute Gasteiger partial charge is 0.324 e. The van der Waals surface area contributed by atoms with E-state index < -0.39 is 11.5 Å². The van der Waals surface area contributed by atoms with E-state index >= 15 is 0 Å². The average molecular weight is 269 g/mol. The largest absolute Gasteiger partial charge is 0.480 e. The van der Waals surface area contributed by atoms with Gasteiger partial charge in [0, 0.05) is 19.3 Å². The van der Waals surface area contributed by atoms with E-state index in [4.69, 9.17) is 4.74 Å². The Morgan fingerprint density at radius 1 is 1.37 bits per heavy atom. The molecular weight excluding hydrogens is 242 g/mol. The molecule has 4 nitrogen and oxygen atoms in total. The number of rotatable bonds is 9. The van der Waals surface area contributed by atoms with Crippen LogP contribution in [0.1, 0.15) is 58.3 Å². The molecule has 4 heteroatoms. The van der Waals surface area contributed by atoms with Crippen molar-refractivity contribution < 1.29 is 14.6 Å². The van der Waals surface area contributed by atoms with E-state index in [2.05, 4.69) is 12.2 Å². The Balaban J connectivity index is 1.84. The van der Waals surface area contributed by atoms with Crippen LogP contribution < -0.4 is 5.32 Å². The molecule has 0 aliphatic heterocycles. The summed E-state index contributed by atoms with van der Waals surface area (Å²) in [5.74, 6) is -0.428. The second kappa shape index (κ2) is 6.71. The summed E-state index contributed by atoms with van der Waals surface area (Å²) in [7, 11) is 0. The van der Waals surface area contributed by atoms with Gasteiger partial charge in [-0.15, -0.1) is 0 Å². The van der Waals surface area contributed by atoms with Crippen LogP contribution >= 0.6 is 0 Å². The fourth-order valence-electron chi connectivity index (χ4n) is 3.17. The van der Waals surface area contributed by atoms with Crippen molar-refractivity contribution in [3.63, 3.8) is 0 Å². The fraction of sp³-hybridized carbons (Fsp3) is 0.933. The van der Waals surface area contributed by atoms with Crippen LogP contribution in [0.5, 0.6) is 0 Å². The van der Waals surface area contributed by atoms with Crippen LogP contribution in [0.3, 0.4) is 0 Å². The van der Waals surface area contributed by atoms with Crippen molar-refractivity contribution in [2.45, 2.75) is 69.9 Å².